The number of rotatable bonds is 5. The van der Waals surface area contributed by atoms with Crippen LogP contribution >= 0.6 is 15.9 Å². The third-order valence-electron chi connectivity index (χ3n) is 3.20. The first kappa shape index (κ1) is 14.7. The van der Waals surface area contributed by atoms with Gasteiger partial charge < -0.3 is 15.2 Å². The van der Waals surface area contributed by atoms with Gasteiger partial charge in [-0.15, -0.1) is 0 Å². The molecule has 0 saturated carbocycles. The van der Waals surface area contributed by atoms with Crippen LogP contribution in [0.5, 0.6) is 11.5 Å². The zero-order valence-corrected chi connectivity index (χ0v) is 13.1. The minimum absolute atomic E-state index is 0.196. The van der Waals surface area contributed by atoms with Crippen molar-refractivity contribution in [1.29, 1.82) is 0 Å². The first-order valence-corrected chi connectivity index (χ1v) is 7.32. The second-order valence-electron chi connectivity index (χ2n) is 4.55. The van der Waals surface area contributed by atoms with Crippen molar-refractivity contribution in [1.82, 2.24) is 0 Å². The van der Waals surface area contributed by atoms with Gasteiger partial charge in [0.15, 0.2) is 0 Å². The summed E-state index contributed by atoms with van der Waals surface area (Å²) >= 11 is 3.45. The highest BCUT2D eigenvalue weighted by atomic mass is 79.9. The third-order valence-corrected chi connectivity index (χ3v) is 3.85. The van der Waals surface area contributed by atoms with Crippen molar-refractivity contribution in [2.45, 2.75) is 19.4 Å². The average Bonchev–Trinajstić information content (AvgIpc) is 2.47. The molecule has 0 aliphatic rings. The summed E-state index contributed by atoms with van der Waals surface area (Å²) < 4.78 is 6.24. The number of phenols is 1. The fraction of sp³-hybridized carbons (Fsp3) is 0.250. The summed E-state index contributed by atoms with van der Waals surface area (Å²) in [6.07, 6.45) is 0.948. The van der Waals surface area contributed by atoms with Crippen molar-refractivity contribution >= 4 is 21.6 Å². The van der Waals surface area contributed by atoms with Crippen molar-refractivity contribution in [3.8, 4) is 11.5 Å². The van der Waals surface area contributed by atoms with Crippen molar-refractivity contribution < 1.29 is 9.84 Å². The Hall–Kier alpha value is -1.68. The molecule has 20 heavy (non-hydrogen) atoms. The van der Waals surface area contributed by atoms with Crippen LogP contribution in [0.25, 0.3) is 0 Å². The van der Waals surface area contributed by atoms with E-state index in [0.29, 0.717) is 0 Å². The molecule has 0 fully saturated rings. The smallest absolute Gasteiger partial charge is 0.135 e. The molecule has 2 N–H and O–H groups in total. The highest BCUT2D eigenvalue weighted by Crippen LogP contribution is 2.30. The van der Waals surface area contributed by atoms with Crippen LogP contribution in [0.2, 0.25) is 0 Å². The number of methoxy groups -OCH3 is 1. The molecular weight excluding hydrogens is 318 g/mol. The lowest BCUT2D eigenvalue weighted by atomic mass is 10.0. The van der Waals surface area contributed by atoms with E-state index in [9.17, 15) is 5.11 Å². The van der Waals surface area contributed by atoms with Gasteiger partial charge in [-0.2, -0.15) is 0 Å². The third kappa shape index (κ3) is 3.45. The molecule has 0 amide bonds. The SMILES string of the molecule is CCC(Nc1ccc(Br)c(OC)c1)c1ccc(O)cc1. The molecular formula is C16H18BrNO2. The molecule has 2 aromatic carbocycles. The van der Waals surface area contributed by atoms with E-state index in [0.717, 1.165) is 27.9 Å². The molecule has 2 rings (SSSR count). The zero-order chi connectivity index (χ0) is 14.5. The Bertz CT molecular complexity index is 569. The van der Waals surface area contributed by atoms with E-state index in [1.54, 1.807) is 19.2 Å². The molecule has 1 unspecified atom stereocenters. The van der Waals surface area contributed by atoms with Crippen LogP contribution in [0.15, 0.2) is 46.9 Å². The van der Waals surface area contributed by atoms with Crippen LogP contribution in [-0.4, -0.2) is 12.2 Å². The maximum atomic E-state index is 9.36. The van der Waals surface area contributed by atoms with Gasteiger partial charge in [-0.3, -0.25) is 0 Å². The molecule has 0 aromatic heterocycles. The number of hydrogen-bond acceptors (Lipinski definition) is 3. The van der Waals surface area contributed by atoms with E-state index in [1.165, 1.54) is 0 Å². The topological polar surface area (TPSA) is 41.5 Å². The maximum absolute atomic E-state index is 9.36. The van der Waals surface area contributed by atoms with E-state index in [1.807, 2.05) is 30.3 Å². The Morgan fingerprint density at radius 1 is 1.20 bits per heavy atom. The highest BCUT2D eigenvalue weighted by Gasteiger charge is 2.10. The van der Waals surface area contributed by atoms with Crippen molar-refractivity contribution in [3.63, 3.8) is 0 Å². The Morgan fingerprint density at radius 3 is 2.50 bits per heavy atom. The van der Waals surface area contributed by atoms with Crippen LogP contribution in [0.1, 0.15) is 24.9 Å². The lowest BCUT2D eigenvalue weighted by Crippen LogP contribution is -2.09. The molecule has 0 saturated heterocycles. The van der Waals surface area contributed by atoms with Gasteiger partial charge in [-0.1, -0.05) is 19.1 Å². The van der Waals surface area contributed by atoms with Crippen LogP contribution in [0.4, 0.5) is 5.69 Å². The second-order valence-corrected chi connectivity index (χ2v) is 5.40. The lowest BCUT2D eigenvalue weighted by molar-refractivity contribution is 0.412. The number of hydrogen-bond donors (Lipinski definition) is 2. The Kier molecular flexibility index (Phi) is 4.90. The van der Waals surface area contributed by atoms with Gasteiger partial charge in [0.1, 0.15) is 11.5 Å². The first-order valence-electron chi connectivity index (χ1n) is 6.53. The standard InChI is InChI=1S/C16H18BrNO2/c1-3-15(11-4-7-13(19)8-5-11)18-12-6-9-14(17)16(10-12)20-2/h4-10,15,18-19H,3H2,1-2H3. The van der Waals surface area contributed by atoms with E-state index >= 15 is 0 Å². The maximum Gasteiger partial charge on any atom is 0.135 e. The predicted molar refractivity (Wildman–Crippen MR) is 85.5 cm³/mol. The summed E-state index contributed by atoms with van der Waals surface area (Å²) in [6.45, 7) is 2.13. The monoisotopic (exact) mass is 335 g/mol. The van der Waals surface area contributed by atoms with Crippen LogP contribution in [0.3, 0.4) is 0 Å². The molecule has 106 valence electrons. The molecule has 3 nitrogen and oxygen atoms in total. The van der Waals surface area contributed by atoms with Crippen molar-refractivity contribution in [3.05, 3.63) is 52.5 Å². The molecule has 4 heteroatoms. The van der Waals surface area contributed by atoms with Crippen LogP contribution in [0, 0.1) is 0 Å². The van der Waals surface area contributed by atoms with Gasteiger partial charge in [0.05, 0.1) is 17.6 Å². The zero-order valence-electron chi connectivity index (χ0n) is 11.6. The normalized spacial score (nSPS) is 11.9. The Labute approximate surface area is 127 Å². The van der Waals surface area contributed by atoms with E-state index in [4.69, 9.17) is 4.74 Å². The Balaban J connectivity index is 2.19. The fourth-order valence-corrected chi connectivity index (χ4v) is 2.49. The van der Waals surface area contributed by atoms with Crippen molar-refractivity contribution in [2.24, 2.45) is 0 Å². The summed E-state index contributed by atoms with van der Waals surface area (Å²) in [5.41, 5.74) is 2.15. The van der Waals surface area contributed by atoms with Gasteiger partial charge in [-0.25, -0.2) is 0 Å². The largest absolute Gasteiger partial charge is 0.508 e. The van der Waals surface area contributed by atoms with Crippen LogP contribution in [-0.2, 0) is 0 Å². The molecule has 0 radical (unpaired) electrons. The minimum atomic E-state index is 0.196. The number of nitrogens with one attached hydrogen (secondary N) is 1. The number of aromatic hydroxyl groups is 1. The lowest BCUT2D eigenvalue weighted by Gasteiger charge is -2.19. The quantitative estimate of drug-likeness (QED) is 0.830. The van der Waals surface area contributed by atoms with Gasteiger partial charge in [0.25, 0.3) is 0 Å². The number of benzene rings is 2. The summed E-state index contributed by atoms with van der Waals surface area (Å²) in [5.74, 6) is 1.09. The minimum Gasteiger partial charge on any atom is -0.508 e. The summed E-state index contributed by atoms with van der Waals surface area (Å²) in [5, 5.41) is 12.8. The van der Waals surface area contributed by atoms with Gasteiger partial charge in [0, 0.05) is 11.8 Å². The average molecular weight is 336 g/mol. The number of phenolic OH excluding ortho intramolecular Hbond substituents is 1. The Morgan fingerprint density at radius 2 is 1.90 bits per heavy atom. The van der Waals surface area contributed by atoms with Gasteiger partial charge in [0.2, 0.25) is 0 Å². The molecule has 0 aliphatic carbocycles. The van der Waals surface area contributed by atoms with E-state index in [-0.39, 0.29) is 11.8 Å². The van der Waals surface area contributed by atoms with Crippen LogP contribution < -0.4 is 10.1 Å². The number of halogens is 1. The number of anilines is 1. The van der Waals surface area contributed by atoms with Gasteiger partial charge >= 0.3 is 0 Å². The van der Waals surface area contributed by atoms with E-state index in [2.05, 4.69) is 28.2 Å². The number of ether oxygens (including phenoxy) is 1. The van der Waals surface area contributed by atoms with E-state index < -0.39 is 0 Å². The predicted octanol–water partition coefficient (Wildman–Crippen LogP) is 4.73. The summed E-state index contributed by atoms with van der Waals surface area (Å²) in [7, 11) is 1.65. The highest BCUT2D eigenvalue weighted by molar-refractivity contribution is 9.10. The summed E-state index contributed by atoms with van der Waals surface area (Å²) in [4.78, 5) is 0. The molecule has 0 spiro atoms. The molecule has 0 aliphatic heterocycles. The molecule has 0 bridgehead atoms. The first-order chi connectivity index (χ1) is 9.63. The van der Waals surface area contributed by atoms with Crippen molar-refractivity contribution in [2.75, 3.05) is 12.4 Å². The van der Waals surface area contributed by atoms with Gasteiger partial charge in [-0.05, 0) is 52.2 Å². The molecule has 2 aromatic rings. The summed E-state index contributed by atoms with van der Waals surface area (Å²) in [6, 6.07) is 13.4. The second kappa shape index (κ2) is 6.66. The molecule has 0 heterocycles. The molecule has 1 atom stereocenters. The fourth-order valence-electron chi connectivity index (χ4n) is 2.08.